The van der Waals surface area contributed by atoms with Crippen molar-refractivity contribution in [2.24, 2.45) is 0 Å². The second-order valence-corrected chi connectivity index (χ2v) is 13.0. The summed E-state index contributed by atoms with van der Waals surface area (Å²) in [6.45, 7) is 0. The van der Waals surface area contributed by atoms with Crippen molar-refractivity contribution in [3.05, 3.63) is 170 Å². The number of hydrogen-bond acceptors (Lipinski definition) is 5. The molecule has 0 aliphatic heterocycles. The summed E-state index contributed by atoms with van der Waals surface area (Å²) in [7, 11) is 0. The largest absolute Gasteiger partial charge is 0.507 e. The molecule has 2 aromatic heterocycles. The molecule has 52 heavy (non-hydrogen) atoms. The zero-order valence-corrected chi connectivity index (χ0v) is 27.9. The van der Waals surface area contributed by atoms with Crippen LogP contribution in [0.15, 0.2) is 174 Å². The van der Waals surface area contributed by atoms with Crippen molar-refractivity contribution >= 4 is 43.5 Å². The number of hydrogen-bond donors (Lipinski definition) is 1. The van der Waals surface area contributed by atoms with E-state index in [-0.39, 0.29) is 5.75 Å². The summed E-state index contributed by atoms with van der Waals surface area (Å²) in [4.78, 5) is 15.3. The van der Waals surface area contributed by atoms with Gasteiger partial charge < -0.3 is 9.52 Å². The molecule has 0 spiro atoms. The fourth-order valence-electron chi connectivity index (χ4n) is 7.27. The predicted octanol–water partition coefficient (Wildman–Crippen LogP) is 12.1. The lowest BCUT2D eigenvalue weighted by Crippen LogP contribution is -2.01. The lowest BCUT2D eigenvalue weighted by Gasteiger charge is -2.16. The minimum absolute atomic E-state index is 0.139. The molecular formula is C47H29N3O2. The molecule has 0 saturated carbocycles. The van der Waals surface area contributed by atoms with Crippen molar-refractivity contribution < 1.29 is 9.52 Å². The summed E-state index contributed by atoms with van der Waals surface area (Å²) in [6.07, 6.45) is 0. The Kier molecular flexibility index (Phi) is 6.89. The fraction of sp³-hybridized carbons (Fsp3) is 0. The zero-order chi connectivity index (χ0) is 34.6. The first-order valence-corrected chi connectivity index (χ1v) is 17.2. The second kappa shape index (κ2) is 12.0. The van der Waals surface area contributed by atoms with E-state index in [4.69, 9.17) is 19.4 Å². The smallest absolute Gasteiger partial charge is 0.164 e. The van der Waals surface area contributed by atoms with Gasteiger partial charge in [-0.1, -0.05) is 133 Å². The van der Waals surface area contributed by atoms with Gasteiger partial charge in [-0.2, -0.15) is 0 Å². The third kappa shape index (κ3) is 5.07. The molecule has 0 unspecified atom stereocenters. The molecule has 5 heteroatoms. The summed E-state index contributed by atoms with van der Waals surface area (Å²) in [5.74, 6) is 1.72. The predicted molar refractivity (Wildman–Crippen MR) is 211 cm³/mol. The van der Waals surface area contributed by atoms with Crippen LogP contribution in [0.2, 0.25) is 0 Å². The SMILES string of the molecule is Oc1cccc(-c2nc(-c3ccc4ccccc4c3)nc(-c3ccc4ccccc4c3)n2)c1-c1ccccc1-c1ccc2oc3ccccc3c2c1. The molecule has 0 fully saturated rings. The Morgan fingerprint density at radius 1 is 0.365 bits per heavy atom. The van der Waals surface area contributed by atoms with Gasteiger partial charge in [0.05, 0.1) is 0 Å². The standard InChI is InChI=1S/C47H29N3O2/c51-41-18-9-17-39(44(41)38-16-6-5-14-36(38)33-24-25-43-40(28-33)37-15-7-8-19-42(37)52-43)47-49-45(34-22-20-29-10-1-3-12-31(29)26-34)48-46(50-47)35-23-21-30-11-2-4-13-32(30)27-35/h1-28,51H. The number of aromatic nitrogens is 3. The summed E-state index contributed by atoms with van der Waals surface area (Å²) in [5, 5.41) is 18.3. The maximum atomic E-state index is 11.7. The number of nitrogens with zero attached hydrogens (tertiary/aromatic N) is 3. The molecule has 10 aromatic rings. The Morgan fingerprint density at radius 3 is 1.62 bits per heavy atom. The summed E-state index contributed by atoms with van der Waals surface area (Å²) < 4.78 is 6.13. The van der Waals surface area contributed by atoms with Gasteiger partial charge in [0.25, 0.3) is 0 Å². The molecule has 8 aromatic carbocycles. The van der Waals surface area contributed by atoms with Gasteiger partial charge in [-0.3, -0.25) is 0 Å². The first kappa shape index (κ1) is 29.8. The molecule has 244 valence electrons. The van der Waals surface area contributed by atoms with Gasteiger partial charge in [0.15, 0.2) is 17.5 Å². The van der Waals surface area contributed by atoms with Gasteiger partial charge >= 0.3 is 0 Å². The molecule has 0 bridgehead atoms. The maximum absolute atomic E-state index is 11.7. The summed E-state index contributed by atoms with van der Waals surface area (Å²) in [5.41, 5.74) is 7.64. The number of phenolic OH excluding ortho intramolecular Hbond substituents is 1. The topological polar surface area (TPSA) is 72.0 Å². The third-order valence-corrected chi connectivity index (χ3v) is 9.82. The van der Waals surface area contributed by atoms with Gasteiger partial charge in [-0.25, -0.2) is 15.0 Å². The molecule has 0 atom stereocenters. The van der Waals surface area contributed by atoms with Crippen LogP contribution in [0.4, 0.5) is 0 Å². The lowest BCUT2D eigenvalue weighted by molar-refractivity contribution is 0.477. The van der Waals surface area contributed by atoms with Crippen molar-refractivity contribution in [2.75, 3.05) is 0 Å². The molecule has 2 heterocycles. The quantitative estimate of drug-likeness (QED) is 0.198. The molecule has 5 nitrogen and oxygen atoms in total. The average molecular weight is 668 g/mol. The Hall–Kier alpha value is -7.11. The van der Waals surface area contributed by atoms with E-state index in [0.717, 1.165) is 71.3 Å². The highest BCUT2D eigenvalue weighted by Gasteiger charge is 2.21. The van der Waals surface area contributed by atoms with Crippen LogP contribution in [-0.2, 0) is 0 Å². The van der Waals surface area contributed by atoms with Crippen LogP contribution in [0.3, 0.4) is 0 Å². The monoisotopic (exact) mass is 667 g/mol. The van der Waals surface area contributed by atoms with Crippen LogP contribution < -0.4 is 0 Å². The molecule has 0 radical (unpaired) electrons. The minimum Gasteiger partial charge on any atom is -0.507 e. The summed E-state index contributed by atoms with van der Waals surface area (Å²) in [6, 6.07) is 57.1. The number of rotatable bonds is 5. The lowest BCUT2D eigenvalue weighted by atomic mass is 9.90. The zero-order valence-electron chi connectivity index (χ0n) is 27.9. The van der Waals surface area contributed by atoms with Crippen molar-refractivity contribution in [1.82, 2.24) is 15.0 Å². The number of para-hydroxylation sites is 1. The second-order valence-electron chi connectivity index (χ2n) is 13.0. The van der Waals surface area contributed by atoms with Crippen LogP contribution >= 0.6 is 0 Å². The van der Waals surface area contributed by atoms with Crippen LogP contribution in [0.1, 0.15) is 0 Å². The summed E-state index contributed by atoms with van der Waals surface area (Å²) >= 11 is 0. The van der Waals surface area contributed by atoms with E-state index in [2.05, 4.69) is 84.9 Å². The molecule has 0 saturated heterocycles. The van der Waals surface area contributed by atoms with Gasteiger partial charge in [0.1, 0.15) is 16.9 Å². The number of benzene rings is 8. The van der Waals surface area contributed by atoms with Crippen molar-refractivity contribution in [2.45, 2.75) is 0 Å². The van der Waals surface area contributed by atoms with Crippen LogP contribution in [0.25, 0.3) is 99.9 Å². The van der Waals surface area contributed by atoms with E-state index < -0.39 is 0 Å². The Bertz CT molecular complexity index is 2900. The van der Waals surface area contributed by atoms with Crippen molar-refractivity contribution in [3.8, 4) is 62.2 Å². The highest BCUT2D eigenvalue weighted by atomic mass is 16.3. The van der Waals surface area contributed by atoms with E-state index in [9.17, 15) is 5.11 Å². The molecule has 0 amide bonds. The van der Waals surface area contributed by atoms with Crippen LogP contribution in [0.5, 0.6) is 5.75 Å². The number of fused-ring (bicyclic) bond motifs is 5. The Labute approximate surface area is 299 Å². The van der Waals surface area contributed by atoms with Gasteiger partial charge in [0, 0.05) is 33.0 Å². The molecule has 1 N–H and O–H groups in total. The Morgan fingerprint density at radius 2 is 0.904 bits per heavy atom. The van der Waals surface area contributed by atoms with E-state index >= 15 is 0 Å². The van der Waals surface area contributed by atoms with E-state index in [1.165, 1.54) is 0 Å². The third-order valence-electron chi connectivity index (χ3n) is 9.82. The molecular weight excluding hydrogens is 639 g/mol. The van der Waals surface area contributed by atoms with Crippen LogP contribution in [0, 0.1) is 0 Å². The fourth-order valence-corrected chi connectivity index (χ4v) is 7.27. The van der Waals surface area contributed by atoms with Crippen molar-refractivity contribution in [3.63, 3.8) is 0 Å². The highest BCUT2D eigenvalue weighted by Crippen LogP contribution is 2.44. The molecule has 0 aliphatic carbocycles. The first-order chi connectivity index (χ1) is 25.7. The highest BCUT2D eigenvalue weighted by molar-refractivity contribution is 6.07. The first-order valence-electron chi connectivity index (χ1n) is 17.2. The number of phenols is 1. The van der Waals surface area contributed by atoms with Gasteiger partial charge in [-0.15, -0.1) is 0 Å². The average Bonchev–Trinajstić information content (AvgIpc) is 3.58. The van der Waals surface area contributed by atoms with E-state index in [0.29, 0.717) is 28.6 Å². The molecule has 10 rings (SSSR count). The minimum atomic E-state index is 0.139. The van der Waals surface area contributed by atoms with Crippen molar-refractivity contribution in [1.29, 1.82) is 0 Å². The van der Waals surface area contributed by atoms with Crippen LogP contribution in [-0.4, -0.2) is 20.1 Å². The maximum Gasteiger partial charge on any atom is 0.164 e. The number of furan rings is 1. The normalized spacial score (nSPS) is 11.5. The van der Waals surface area contributed by atoms with E-state index in [1.54, 1.807) is 6.07 Å². The van der Waals surface area contributed by atoms with Gasteiger partial charge in [-0.05, 0) is 74.6 Å². The molecule has 0 aliphatic rings. The Balaban J connectivity index is 1.19. The number of aromatic hydroxyl groups is 1. The van der Waals surface area contributed by atoms with E-state index in [1.807, 2.05) is 78.9 Å². The van der Waals surface area contributed by atoms with Gasteiger partial charge in [0.2, 0.25) is 0 Å².